The first-order valence-corrected chi connectivity index (χ1v) is 7.02. The summed E-state index contributed by atoms with van der Waals surface area (Å²) < 4.78 is 27.2. The van der Waals surface area contributed by atoms with Crippen LogP contribution in [0.4, 0.5) is 0 Å². The Morgan fingerprint density at radius 3 is 2.35 bits per heavy atom. The van der Waals surface area contributed by atoms with Crippen LogP contribution in [0.1, 0.15) is 0 Å². The quantitative estimate of drug-likeness (QED) is 0.591. The van der Waals surface area contributed by atoms with E-state index >= 15 is 0 Å². The number of sulfone groups is 1. The van der Waals surface area contributed by atoms with Gasteiger partial charge in [0.25, 0.3) is 0 Å². The molecule has 98 valence electrons. The molecule has 0 bridgehead atoms. The van der Waals surface area contributed by atoms with Gasteiger partial charge in [0, 0.05) is 26.2 Å². The predicted octanol–water partition coefficient (Wildman–Crippen LogP) is -1.99. The molecule has 17 heavy (non-hydrogen) atoms. The zero-order valence-electron chi connectivity index (χ0n) is 9.64. The van der Waals surface area contributed by atoms with Crippen molar-refractivity contribution in [2.75, 3.05) is 44.8 Å². The van der Waals surface area contributed by atoms with Crippen molar-refractivity contribution in [3.05, 3.63) is 0 Å². The highest BCUT2D eigenvalue weighted by Crippen LogP contribution is 1.99. The van der Waals surface area contributed by atoms with E-state index in [2.05, 4.69) is 10.1 Å². The van der Waals surface area contributed by atoms with Gasteiger partial charge in [-0.15, -0.1) is 0 Å². The number of ether oxygens (including phenoxy) is 1. The lowest BCUT2D eigenvalue weighted by Crippen LogP contribution is -2.48. The highest BCUT2D eigenvalue weighted by atomic mass is 32.2. The molecule has 1 aliphatic rings. The van der Waals surface area contributed by atoms with E-state index < -0.39 is 33.2 Å². The highest BCUT2D eigenvalue weighted by Gasteiger charge is 2.25. The Morgan fingerprint density at radius 2 is 1.82 bits per heavy atom. The van der Waals surface area contributed by atoms with Gasteiger partial charge in [0.1, 0.15) is 11.5 Å². The molecular formula is C9H16N2O5S. The third-order valence-electron chi connectivity index (χ3n) is 2.38. The highest BCUT2D eigenvalue weighted by molar-refractivity contribution is 7.92. The summed E-state index contributed by atoms with van der Waals surface area (Å²) in [5, 5.41) is 3.06. The Kier molecular flexibility index (Phi) is 4.88. The topological polar surface area (TPSA) is 92.8 Å². The van der Waals surface area contributed by atoms with E-state index in [-0.39, 0.29) is 0 Å². The second kappa shape index (κ2) is 5.97. The van der Waals surface area contributed by atoms with E-state index in [1.54, 1.807) is 0 Å². The minimum absolute atomic E-state index is 0.463. The van der Waals surface area contributed by atoms with Crippen LogP contribution in [-0.2, 0) is 24.2 Å². The van der Waals surface area contributed by atoms with Crippen LogP contribution in [0.2, 0.25) is 0 Å². The van der Waals surface area contributed by atoms with Crippen molar-refractivity contribution < 1.29 is 22.7 Å². The van der Waals surface area contributed by atoms with Crippen LogP contribution >= 0.6 is 0 Å². The molecule has 0 aromatic rings. The summed E-state index contributed by atoms with van der Waals surface area (Å²) in [4.78, 5) is 24.0. The summed E-state index contributed by atoms with van der Waals surface area (Å²) in [6.45, 7) is 2.30. The number of amides is 1. The SMILES string of the molecule is COC(=O)CS(=O)(=O)CC(=O)N1CCNCC1. The molecule has 0 aromatic heterocycles. The number of nitrogens with zero attached hydrogens (tertiary/aromatic N) is 1. The molecule has 1 aliphatic heterocycles. The minimum Gasteiger partial charge on any atom is -0.468 e. The molecule has 0 unspecified atom stereocenters. The molecule has 1 heterocycles. The predicted molar refractivity (Wildman–Crippen MR) is 60.1 cm³/mol. The van der Waals surface area contributed by atoms with Crippen molar-refractivity contribution in [2.45, 2.75) is 0 Å². The van der Waals surface area contributed by atoms with Crippen LogP contribution in [0.15, 0.2) is 0 Å². The van der Waals surface area contributed by atoms with Gasteiger partial charge < -0.3 is 15.0 Å². The molecule has 0 radical (unpaired) electrons. The van der Waals surface area contributed by atoms with Crippen molar-refractivity contribution >= 4 is 21.7 Å². The number of piperazine rings is 1. The van der Waals surface area contributed by atoms with Crippen LogP contribution in [-0.4, -0.2) is 70.0 Å². The molecule has 0 atom stereocenters. The van der Waals surface area contributed by atoms with Gasteiger partial charge in [-0.3, -0.25) is 9.59 Å². The zero-order valence-corrected chi connectivity index (χ0v) is 10.5. The van der Waals surface area contributed by atoms with E-state index in [1.807, 2.05) is 0 Å². The molecule has 1 fully saturated rings. The van der Waals surface area contributed by atoms with Gasteiger partial charge in [-0.2, -0.15) is 0 Å². The van der Waals surface area contributed by atoms with Crippen LogP contribution in [0.3, 0.4) is 0 Å². The second-order valence-electron chi connectivity index (χ2n) is 3.74. The number of rotatable bonds is 4. The van der Waals surface area contributed by atoms with Crippen LogP contribution in [0.5, 0.6) is 0 Å². The third-order valence-corrected chi connectivity index (χ3v) is 3.74. The molecule has 0 aromatic carbocycles. The van der Waals surface area contributed by atoms with Gasteiger partial charge in [0.2, 0.25) is 5.91 Å². The molecule has 0 saturated carbocycles. The normalized spacial score (nSPS) is 16.6. The molecule has 1 rings (SSSR count). The van der Waals surface area contributed by atoms with Gasteiger partial charge in [0.15, 0.2) is 9.84 Å². The molecular weight excluding hydrogens is 248 g/mol. The van der Waals surface area contributed by atoms with Gasteiger partial charge in [0.05, 0.1) is 7.11 Å². The molecule has 0 spiro atoms. The maximum atomic E-state index is 11.7. The number of hydrogen-bond acceptors (Lipinski definition) is 6. The standard InChI is InChI=1S/C9H16N2O5S/c1-16-9(13)7-17(14,15)6-8(12)11-4-2-10-3-5-11/h10H,2-7H2,1H3. The molecule has 1 amide bonds. The fraction of sp³-hybridized carbons (Fsp3) is 0.778. The van der Waals surface area contributed by atoms with E-state index in [0.29, 0.717) is 26.2 Å². The number of carbonyl (C=O) groups excluding carboxylic acids is 2. The van der Waals surface area contributed by atoms with Crippen molar-refractivity contribution in [1.29, 1.82) is 0 Å². The minimum atomic E-state index is -3.73. The lowest BCUT2D eigenvalue weighted by Gasteiger charge is -2.27. The lowest BCUT2D eigenvalue weighted by molar-refractivity contribution is -0.137. The molecule has 0 aliphatic carbocycles. The Balaban J connectivity index is 2.51. The number of esters is 1. The van der Waals surface area contributed by atoms with Gasteiger partial charge in [-0.05, 0) is 0 Å². The smallest absolute Gasteiger partial charge is 0.320 e. The summed E-state index contributed by atoms with van der Waals surface area (Å²) in [6.07, 6.45) is 0. The molecule has 7 nitrogen and oxygen atoms in total. The van der Waals surface area contributed by atoms with Gasteiger partial charge in [-0.25, -0.2) is 8.42 Å². The summed E-state index contributed by atoms with van der Waals surface area (Å²) in [6, 6.07) is 0. The first kappa shape index (κ1) is 13.9. The van der Waals surface area contributed by atoms with Gasteiger partial charge in [-0.1, -0.05) is 0 Å². The van der Waals surface area contributed by atoms with Crippen molar-refractivity contribution in [1.82, 2.24) is 10.2 Å². The maximum absolute atomic E-state index is 11.7. The monoisotopic (exact) mass is 264 g/mol. The Hall–Kier alpha value is -1.15. The molecule has 1 saturated heterocycles. The Labute approximate surface area is 100 Å². The Bertz CT molecular complexity index is 386. The maximum Gasteiger partial charge on any atom is 0.320 e. The molecule has 8 heteroatoms. The number of carbonyl (C=O) groups is 2. The third kappa shape index (κ3) is 4.70. The first-order valence-electron chi connectivity index (χ1n) is 5.20. The average molecular weight is 264 g/mol. The number of nitrogens with one attached hydrogen (secondary N) is 1. The summed E-state index contributed by atoms with van der Waals surface area (Å²) in [7, 11) is -2.62. The fourth-order valence-electron chi connectivity index (χ4n) is 1.48. The second-order valence-corrected chi connectivity index (χ2v) is 5.80. The van der Waals surface area contributed by atoms with E-state index in [9.17, 15) is 18.0 Å². The van der Waals surface area contributed by atoms with E-state index in [0.717, 1.165) is 7.11 Å². The van der Waals surface area contributed by atoms with Crippen molar-refractivity contribution in [2.24, 2.45) is 0 Å². The number of methoxy groups -OCH3 is 1. The van der Waals surface area contributed by atoms with Crippen LogP contribution in [0.25, 0.3) is 0 Å². The summed E-state index contributed by atoms with van der Waals surface area (Å²) in [5.41, 5.74) is 0. The zero-order chi connectivity index (χ0) is 12.9. The van der Waals surface area contributed by atoms with Crippen molar-refractivity contribution in [3.63, 3.8) is 0 Å². The lowest BCUT2D eigenvalue weighted by atomic mass is 10.3. The van der Waals surface area contributed by atoms with E-state index in [4.69, 9.17) is 0 Å². The summed E-state index contributed by atoms with van der Waals surface area (Å²) >= 11 is 0. The Morgan fingerprint density at radius 1 is 1.24 bits per heavy atom. The fourth-order valence-corrected chi connectivity index (χ4v) is 2.62. The van der Waals surface area contributed by atoms with Crippen LogP contribution < -0.4 is 5.32 Å². The van der Waals surface area contributed by atoms with Gasteiger partial charge >= 0.3 is 5.97 Å². The largest absolute Gasteiger partial charge is 0.468 e. The average Bonchev–Trinajstić information content (AvgIpc) is 2.28. The summed E-state index contributed by atoms with van der Waals surface area (Å²) in [5.74, 6) is -2.70. The molecule has 1 N–H and O–H groups in total. The van der Waals surface area contributed by atoms with Crippen LogP contribution in [0, 0.1) is 0 Å². The van der Waals surface area contributed by atoms with Crippen molar-refractivity contribution in [3.8, 4) is 0 Å². The first-order chi connectivity index (χ1) is 7.94. The van der Waals surface area contributed by atoms with E-state index in [1.165, 1.54) is 4.90 Å². The number of hydrogen-bond donors (Lipinski definition) is 1.